The normalized spacial score (nSPS) is 11.2. The Kier molecular flexibility index (Phi) is 3.82. The van der Waals surface area contributed by atoms with Gasteiger partial charge in [0.1, 0.15) is 5.82 Å². The Hall–Kier alpha value is -1.20. The van der Waals surface area contributed by atoms with Crippen LogP contribution in [0, 0.1) is 0 Å². The number of nitrogens with zero attached hydrogens (tertiary/aromatic N) is 2. The quantitative estimate of drug-likeness (QED) is 0.916. The third-order valence-corrected chi connectivity index (χ3v) is 2.78. The van der Waals surface area contributed by atoms with E-state index in [1.165, 1.54) is 6.07 Å². The fourth-order valence-electron chi connectivity index (χ4n) is 1.57. The predicted molar refractivity (Wildman–Crippen MR) is 68.7 cm³/mol. The van der Waals surface area contributed by atoms with Gasteiger partial charge in [0.05, 0.1) is 10.5 Å². The molecule has 0 aliphatic rings. The Morgan fingerprint density at radius 2 is 2.00 bits per heavy atom. The fourth-order valence-corrected chi connectivity index (χ4v) is 2.11. The molecule has 3 nitrogen and oxygen atoms in total. The highest BCUT2D eigenvalue weighted by molar-refractivity contribution is 6.38. The van der Waals surface area contributed by atoms with E-state index in [0.29, 0.717) is 22.8 Å². The fraction of sp³-hybridized carbons (Fsp3) is 0.273. The lowest BCUT2D eigenvalue weighted by Crippen LogP contribution is -2.05. The number of nitrogens with one attached hydrogen (secondary N) is 1. The molecule has 18 heavy (non-hydrogen) atoms. The Bertz CT molecular complexity index is 590. The molecule has 7 heteroatoms. The number of hydrogen-bond donors (Lipinski definition) is 1. The van der Waals surface area contributed by atoms with Gasteiger partial charge in [0.15, 0.2) is 5.82 Å². The van der Waals surface area contributed by atoms with Crippen molar-refractivity contribution in [3.05, 3.63) is 28.0 Å². The van der Waals surface area contributed by atoms with E-state index in [2.05, 4.69) is 15.3 Å². The molecule has 96 valence electrons. The molecular weight excluding hydrogens is 283 g/mol. The lowest BCUT2D eigenvalue weighted by molar-refractivity contribution is 0.141. The van der Waals surface area contributed by atoms with Gasteiger partial charge in [-0.15, -0.1) is 0 Å². The first-order chi connectivity index (χ1) is 8.52. The van der Waals surface area contributed by atoms with Crippen LogP contribution in [0.4, 0.5) is 14.6 Å². The highest BCUT2D eigenvalue weighted by atomic mass is 35.5. The van der Waals surface area contributed by atoms with Crippen molar-refractivity contribution in [3.8, 4) is 0 Å². The van der Waals surface area contributed by atoms with Crippen molar-refractivity contribution in [1.29, 1.82) is 0 Å². The summed E-state index contributed by atoms with van der Waals surface area (Å²) in [6.45, 7) is 2.38. The first kappa shape index (κ1) is 13.2. The third kappa shape index (κ3) is 2.47. The molecule has 0 amide bonds. The van der Waals surface area contributed by atoms with Gasteiger partial charge in [0.2, 0.25) is 0 Å². The zero-order valence-corrected chi connectivity index (χ0v) is 10.9. The van der Waals surface area contributed by atoms with E-state index in [4.69, 9.17) is 23.2 Å². The van der Waals surface area contributed by atoms with Crippen molar-refractivity contribution in [2.24, 2.45) is 0 Å². The summed E-state index contributed by atoms with van der Waals surface area (Å²) in [5.41, 5.74) is 0.266. The molecule has 0 atom stereocenters. The average Bonchev–Trinajstić information content (AvgIpc) is 2.29. The summed E-state index contributed by atoms with van der Waals surface area (Å²) >= 11 is 11.8. The lowest BCUT2D eigenvalue weighted by atomic mass is 10.2. The molecule has 1 aromatic carbocycles. The number of fused-ring (bicyclic) bond motifs is 1. The van der Waals surface area contributed by atoms with Crippen molar-refractivity contribution in [2.45, 2.75) is 13.3 Å². The second kappa shape index (κ2) is 5.20. The number of hydrogen-bond acceptors (Lipinski definition) is 3. The summed E-state index contributed by atoms with van der Waals surface area (Å²) in [6, 6.07) is 3.05. The van der Waals surface area contributed by atoms with E-state index >= 15 is 0 Å². The van der Waals surface area contributed by atoms with Gasteiger partial charge in [-0.1, -0.05) is 23.2 Å². The van der Waals surface area contributed by atoms with Gasteiger partial charge in [-0.25, -0.2) is 18.7 Å². The Morgan fingerprint density at radius 1 is 1.28 bits per heavy atom. The molecule has 2 rings (SSSR count). The zero-order valence-electron chi connectivity index (χ0n) is 9.35. The van der Waals surface area contributed by atoms with Gasteiger partial charge >= 0.3 is 0 Å². The van der Waals surface area contributed by atoms with Crippen molar-refractivity contribution in [2.75, 3.05) is 11.9 Å². The molecule has 1 heterocycles. The minimum atomic E-state index is -2.75. The summed E-state index contributed by atoms with van der Waals surface area (Å²) in [4.78, 5) is 7.55. The van der Waals surface area contributed by atoms with Crippen LogP contribution in [0.15, 0.2) is 12.1 Å². The lowest BCUT2D eigenvalue weighted by Gasteiger charge is -2.10. The largest absolute Gasteiger partial charge is 0.370 e. The second-order valence-electron chi connectivity index (χ2n) is 3.55. The molecular formula is C11H9Cl2F2N3. The molecule has 0 aliphatic heterocycles. The number of alkyl halides is 2. The topological polar surface area (TPSA) is 37.8 Å². The van der Waals surface area contributed by atoms with Crippen molar-refractivity contribution < 1.29 is 8.78 Å². The van der Waals surface area contributed by atoms with E-state index < -0.39 is 12.2 Å². The summed E-state index contributed by atoms with van der Waals surface area (Å²) in [6.07, 6.45) is -2.75. The predicted octanol–water partition coefficient (Wildman–Crippen LogP) is 4.31. The highest BCUT2D eigenvalue weighted by Crippen LogP contribution is 2.32. The maximum absolute atomic E-state index is 12.7. The van der Waals surface area contributed by atoms with Crippen LogP contribution in [0.1, 0.15) is 19.2 Å². The molecule has 2 aromatic rings. The molecule has 1 N–H and O–H groups in total. The van der Waals surface area contributed by atoms with Crippen LogP contribution >= 0.6 is 23.2 Å². The number of anilines is 1. The smallest absolute Gasteiger partial charge is 0.297 e. The molecule has 0 fully saturated rings. The first-order valence-electron chi connectivity index (χ1n) is 5.21. The number of benzene rings is 1. The van der Waals surface area contributed by atoms with Crippen LogP contribution < -0.4 is 5.32 Å². The van der Waals surface area contributed by atoms with E-state index in [1.807, 2.05) is 6.92 Å². The van der Waals surface area contributed by atoms with E-state index in [1.54, 1.807) is 6.07 Å². The van der Waals surface area contributed by atoms with E-state index in [-0.39, 0.29) is 10.5 Å². The zero-order chi connectivity index (χ0) is 13.3. The molecule has 0 saturated carbocycles. The standard InChI is InChI=1S/C11H9Cl2F2N3/c1-2-16-10-6-3-5(12)4-7(13)8(6)17-11(18-10)9(14)15/h3-4,9H,2H2,1H3,(H,16,17,18). The monoisotopic (exact) mass is 291 g/mol. The van der Waals surface area contributed by atoms with E-state index in [0.717, 1.165) is 0 Å². The van der Waals surface area contributed by atoms with Crippen LogP contribution in [0.5, 0.6) is 0 Å². The maximum atomic E-state index is 12.7. The van der Waals surface area contributed by atoms with Gasteiger partial charge in [-0.3, -0.25) is 0 Å². The van der Waals surface area contributed by atoms with Crippen LogP contribution in [0.3, 0.4) is 0 Å². The van der Waals surface area contributed by atoms with Crippen molar-refractivity contribution in [1.82, 2.24) is 9.97 Å². The summed E-state index contributed by atoms with van der Waals surface area (Å²) in [5, 5.41) is 4.05. The second-order valence-corrected chi connectivity index (χ2v) is 4.39. The molecule has 0 radical (unpaired) electrons. The molecule has 0 saturated heterocycles. The van der Waals surface area contributed by atoms with Gasteiger partial charge in [0.25, 0.3) is 6.43 Å². The van der Waals surface area contributed by atoms with Gasteiger partial charge in [-0.05, 0) is 19.1 Å². The summed E-state index contributed by atoms with van der Waals surface area (Å²) < 4.78 is 25.4. The number of rotatable bonds is 3. The molecule has 0 unspecified atom stereocenters. The van der Waals surface area contributed by atoms with Crippen LogP contribution in [0.25, 0.3) is 10.9 Å². The van der Waals surface area contributed by atoms with Crippen LogP contribution in [-0.2, 0) is 0 Å². The molecule has 0 spiro atoms. The summed E-state index contributed by atoms with van der Waals surface area (Å²) in [7, 11) is 0. The minimum absolute atomic E-state index is 0.223. The Balaban J connectivity index is 2.76. The molecule has 0 aliphatic carbocycles. The van der Waals surface area contributed by atoms with Crippen molar-refractivity contribution >= 4 is 39.9 Å². The van der Waals surface area contributed by atoms with Gasteiger partial charge < -0.3 is 5.32 Å². The van der Waals surface area contributed by atoms with Crippen molar-refractivity contribution in [3.63, 3.8) is 0 Å². The number of aromatic nitrogens is 2. The molecule has 0 bridgehead atoms. The number of halogens is 4. The SMILES string of the molecule is CCNc1nc(C(F)F)nc2c(Cl)cc(Cl)cc12. The van der Waals surface area contributed by atoms with Gasteiger partial charge in [-0.2, -0.15) is 0 Å². The highest BCUT2D eigenvalue weighted by Gasteiger charge is 2.17. The Labute approximate surface area is 112 Å². The maximum Gasteiger partial charge on any atom is 0.297 e. The third-order valence-electron chi connectivity index (χ3n) is 2.28. The summed E-state index contributed by atoms with van der Waals surface area (Å²) in [5.74, 6) is -0.245. The average molecular weight is 292 g/mol. The first-order valence-corrected chi connectivity index (χ1v) is 5.97. The van der Waals surface area contributed by atoms with Crippen LogP contribution in [0.2, 0.25) is 10.0 Å². The Morgan fingerprint density at radius 3 is 2.61 bits per heavy atom. The van der Waals surface area contributed by atoms with Gasteiger partial charge in [0, 0.05) is 17.0 Å². The molecule has 1 aromatic heterocycles. The van der Waals surface area contributed by atoms with E-state index in [9.17, 15) is 8.78 Å². The minimum Gasteiger partial charge on any atom is -0.370 e. The van der Waals surface area contributed by atoms with Crippen LogP contribution in [-0.4, -0.2) is 16.5 Å².